The molecule has 0 saturated carbocycles. The Labute approximate surface area is 75.4 Å². The average molecular weight is 182 g/mol. The first-order chi connectivity index (χ1) is 6.15. The lowest BCUT2D eigenvalue weighted by atomic mass is 10.1. The molecule has 0 amide bonds. The minimum atomic E-state index is -1.29. The highest BCUT2D eigenvalue weighted by atomic mass is 16.5. The van der Waals surface area contributed by atoms with Gasteiger partial charge >= 0.3 is 5.97 Å². The number of rotatable bonds is 2. The van der Waals surface area contributed by atoms with Gasteiger partial charge in [0.2, 0.25) is 0 Å². The summed E-state index contributed by atoms with van der Waals surface area (Å²) in [6, 6.07) is 5.69. The smallest absolute Gasteiger partial charge is 0.339 e. The predicted octanol–water partition coefficient (Wildman–Crippen LogP) is 0.599. The molecular formula is C9H10O4. The third kappa shape index (κ3) is 2.19. The molecule has 0 aromatic heterocycles. The van der Waals surface area contributed by atoms with E-state index >= 15 is 0 Å². The second-order valence-electron chi connectivity index (χ2n) is 2.52. The summed E-state index contributed by atoms with van der Waals surface area (Å²) in [5.41, 5.74) is 0.393. The second-order valence-corrected chi connectivity index (χ2v) is 2.52. The zero-order valence-electron chi connectivity index (χ0n) is 7.10. The van der Waals surface area contributed by atoms with Crippen LogP contribution in [-0.4, -0.2) is 23.3 Å². The monoisotopic (exact) mass is 182 g/mol. The van der Waals surface area contributed by atoms with Crippen molar-refractivity contribution in [1.82, 2.24) is 0 Å². The van der Waals surface area contributed by atoms with Crippen LogP contribution >= 0.6 is 0 Å². The summed E-state index contributed by atoms with van der Waals surface area (Å²) in [4.78, 5) is 10.9. The number of hydrogen-bond donors (Lipinski definition) is 2. The highest BCUT2D eigenvalue weighted by molar-refractivity contribution is 5.76. The lowest BCUT2D eigenvalue weighted by Crippen LogP contribution is -2.13. The van der Waals surface area contributed by atoms with Gasteiger partial charge in [-0.3, -0.25) is 0 Å². The molecule has 1 rings (SSSR count). The third-order valence-electron chi connectivity index (χ3n) is 1.63. The zero-order valence-corrected chi connectivity index (χ0v) is 7.10. The maximum absolute atomic E-state index is 10.9. The highest BCUT2D eigenvalue weighted by Crippen LogP contribution is 2.17. The lowest BCUT2D eigenvalue weighted by Gasteiger charge is -2.07. The molecule has 70 valence electrons. The molecule has 13 heavy (non-hydrogen) atoms. The van der Waals surface area contributed by atoms with Crippen LogP contribution in [0.2, 0.25) is 0 Å². The summed E-state index contributed by atoms with van der Waals surface area (Å²) in [5, 5.41) is 18.3. The standard InChI is InChI=1S/C9H10O4/c1-13-9(12)8(11)6-2-4-7(10)5-3-6/h2-5,8,10-11H,1H3/t8-/m1/s1. The van der Waals surface area contributed by atoms with Gasteiger partial charge in [-0.05, 0) is 17.7 Å². The molecule has 0 aliphatic carbocycles. The normalized spacial score (nSPS) is 12.2. The summed E-state index contributed by atoms with van der Waals surface area (Å²) < 4.78 is 4.35. The Morgan fingerprint density at radius 2 is 1.92 bits per heavy atom. The number of hydrogen-bond acceptors (Lipinski definition) is 4. The molecule has 0 saturated heterocycles. The SMILES string of the molecule is COC(=O)[C@H](O)c1ccc(O)cc1. The summed E-state index contributed by atoms with van der Waals surface area (Å²) in [6.07, 6.45) is -1.29. The van der Waals surface area contributed by atoms with Gasteiger partial charge in [0.1, 0.15) is 5.75 Å². The Morgan fingerprint density at radius 1 is 1.38 bits per heavy atom. The minimum absolute atomic E-state index is 0.0841. The van der Waals surface area contributed by atoms with Crippen LogP contribution in [0.1, 0.15) is 11.7 Å². The number of esters is 1. The van der Waals surface area contributed by atoms with Crippen LogP contribution in [0.25, 0.3) is 0 Å². The van der Waals surface area contributed by atoms with Crippen LogP contribution in [0.5, 0.6) is 5.75 Å². The van der Waals surface area contributed by atoms with E-state index in [1.165, 1.54) is 31.4 Å². The summed E-state index contributed by atoms with van der Waals surface area (Å²) in [5.74, 6) is -0.633. The Morgan fingerprint density at radius 3 is 2.38 bits per heavy atom. The number of phenols is 1. The molecule has 4 heteroatoms. The van der Waals surface area contributed by atoms with Crippen molar-refractivity contribution in [3.8, 4) is 5.75 Å². The molecule has 2 N–H and O–H groups in total. The van der Waals surface area contributed by atoms with Crippen LogP contribution in [0, 0.1) is 0 Å². The predicted molar refractivity (Wildman–Crippen MR) is 45.1 cm³/mol. The van der Waals surface area contributed by atoms with Gasteiger partial charge in [-0.2, -0.15) is 0 Å². The van der Waals surface area contributed by atoms with E-state index in [4.69, 9.17) is 5.11 Å². The maximum Gasteiger partial charge on any atom is 0.339 e. The van der Waals surface area contributed by atoms with Gasteiger partial charge in [0.25, 0.3) is 0 Å². The van der Waals surface area contributed by atoms with E-state index in [0.717, 1.165) is 0 Å². The van der Waals surface area contributed by atoms with Gasteiger partial charge in [0.15, 0.2) is 6.10 Å². The molecule has 1 atom stereocenters. The van der Waals surface area contributed by atoms with Crippen molar-refractivity contribution in [3.05, 3.63) is 29.8 Å². The molecule has 0 unspecified atom stereocenters. The van der Waals surface area contributed by atoms with Crippen molar-refractivity contribution in [2.75, 3.05) is 7.11 Å². The number of phenolic OH excluding ortho intramolecular Hbond substituents is 1. The number of aliphatic hydroxyl groups is 1. The molecule has 0 heterocycles. The van der Waals surface area contributed by atoms with Crippen molar-refractivity contribution in [1.29, 1.82) is 0 Å². The summed E-state index contributed by atoms with van der Waals surface area (Å²) in [6.45, 7) is 0. The van der Waals surface area contributed by atoms with E-state index in [2.05, 4.69) is 4.74 Å². The number of ether oxygens (including phenoxy) is 1. The van der Waals surface area contributed by atoms with Crippen molar-refractivity contribution < 1.29 is 19.7 Å². The summed E-state index contributed by atoms with van der Waals surface area (Å²) >= 11 is 0. The van der Waals surface area contributed by atoms with E-state index in [9.17, 15) is 9.90 Å². The van der Waals surface area contributed by atoms with Gasteiger partial charge in [0.05, 0.1) is 7.11 Å². The number of methoxy groups -OCH3 is 1. The van der Waals surface area contributed by atoms with Crippen LogP contribution in [0.3, 0.4) is 0 Å². The minimum Gasteiger partial charge on any atom is -0.508 e. The fourth-order valence-electron chi connectivity index (χ4n) is 0.904. The maximum atomic E-state index is 10.9. The lowest BCUT2D eigenvalue weighted by molar-refractivity contribution is -0.150. The largest absolute Gasteiger partial charge is 0.508 e. The van der Waals surface area contributed by atoms with Gasteiger partial charge in [-0.25, -0.2) is 4.79 Å². The van der Waals surface area contributed by atoms with E-state index in [0.29, 0.717) is 5.56 Å². The quantitative estimate of drug-likeness (QED) is 0.657. The molecule has 1 aromatic rings. The summed E-state index contributed by atoms with van der Waals surface area (Å²) in [7, 11) is 1.20. The van der Waals surface area contributed by atoms with Crippen molar-refractivity contribution in [2.45, 2.75) is 6.10 Å². The third-order valence-corrected chi connectivity index (χ3v) is 1.63. The van der Waals surface area contributed by atoms with Crippen molar-refractivity contribution in [3.63, 3.8) is 0 Å². The molecule has 1 aromatic carbocycles. The number of aromatic hydroxyl groups is 1. The first-order valence-electron chi connectivity index (χ1n) is 3.70. The molecule has 0 bridgehead atoms. The first kappa shape index (κ1) is 9.54. The van der Waals surface area contributed by atoms with Crippen LogP contribution in [0.4, 0.5) is 0 Å². The fraction of sp³-hybridized carbons (Fsp3) is 0.222. The second kappa shape index (κ2) is 3.91. The Balaban J connectivity index is 2.83. The van der Waals surface area contributed by atoms with Gasteiger partial charge in [-0.15, -0.1) is 0 Å². The fourth-order valence-corrected chi connectivity index (χ4v) is 0.904. The average Bonchev–Trinajstić information content (AvgIpc) is 2.17. The van der Waals surface area contributed by atoms with Crippen molar-refractivity contribution in [2.24, 2.45) is 0 Å². The molecule has 0 aliphatic rings. The number of carbonyl (C=O) groups excluding carboxylic acids is 1. The van der Waals surface area contributed by atoms with Crippen LogP contribution < -0.4 is 0 Å². The van der Waals surface area contributed by atoms with Gasteiger partial charge in [-0.1, -0.05) is 12.1 Å². The molecule has 0 radical (unpaired) electrons. The van der Waals surface area contributed by atoms with Gasteiger partial charge in [0, 0.05) is 0 Å². The van der Waals surface area contributed by atoms with E-state index < -0.39 is 12.1 Å². The molecule has 0 aliphatic heterocycles. The number of benzene rings is 1. The van der Waals surface area contributed by atoms with Gasteiger partial charge < -0.3 is 14.9 Å². The number of carbonyl (C=O) groups is 1. The first-order valence-corrected chi connectivity index (χ1v) is 3.70. The molecule has 4 nitrogen and oxygen atoms in total. The van der Waals surface area contributed by atoms with E-state index in [1.807, 2.05) is 0 Å². The zero-order chi connectivity index (χ0) is 9.84. The topological polar surface area (TPSA) is 66.8 Å². The Bertz CT molecular complexity index is 291. The molecular weight excluding hydrogens is 172 g/mol. The Kier molecular flexibility index (Phi) is 2.87. The van der Waals surface area contributed by atoms with Crippen LogP contribution in [0.15, 0.2) is 24.3 Å². The van der Waals surface area contributed by atoms with Crippen molar-refractivity contribution >= 4 is 5.97 Å². The number of aliphatic hydroxyl groups excluding tert-OH is 1. The van der Waals surface area contributed by atoms with Crippen LogP contribution in [-0.2, 0) is 9.53 Å². The molecule has 0 spiro atoms. The highest BCUT2D eigenvalue weighted by Gasteiger charge is 2.16. The molecule has 0 fully saturated rings. The Hall–Kier alpha value is -1.55. The van der Waals surface area contributed by atoms with E-state index in [-0.39, 0.29) is 5.75 Å². The van der Waals surface area contributed by atoms with E-state index in [1.54, 1.807) is 0 Å².